The molecule has 0 unspecified atom stereocenters. The highest BCUT2D eigenvalue weighted by molar-refractivity contribution is 7.92. The molecule has 0 spiro atoms. The predicted molar refractivity (Wildman–Crippen MR) is 151 cm³/mol. The summed E-state index contributed by atoms with van der Waals surface area (Å²) in [5, 5.41) is 6.43. The Kier molecular flexibility index (Phi) is 7.01. The molecule has 3 N–H and O–H groups in total. The predicted octanol–water partition coefficient (Wildman–Crippen LogP) is 6.44. The topological polar surface area (TPSA) is 109 Å². The van der Waals surface area contributed by atoms with E-state index < -0.39 is 10.0 Å². The van der Waals surface area contributed by atoms with Gasteiger partial charge in [-0.15, -0.1) is 0 Å². The van der Waals surface area contributed by atoms with Gasteiger partial charge in [-0.2, -0.15) is 0 Å². The van der Waals surface area contributed by atoms with Crippen LogP contribution in [-0.2, 0) is 10.0 Å². The molecule has 190 valence electrons. The van der Waals surface area contributed by atoms with Gasteiger partial charge in [0.25, 0.3) is 10.0 Å². The van der Waals surface area contributed by atoms with Crippen molar-refractivity contribution in [3.8, 4) is 11.1 Å². The minimum Gasteiger partial charge on any atom is -0.340 e. The molecule has 38 heavy (non-hydrogen) atoms. The normalized spacial score (nSPS) is 11.1. The summed E-state index contributed by atoms with van der Waals surface area (Å²) in [4.78, 5) is 13.4. The first kappa shape index (κ1) is 24.9. The maximum atomic E-state index is 12.9. The Morgan fingerprint density at radius 2 is 1.26 bits per heavy atom. The third-order valence-electron chi connectivity index (χ3n) is 5.69. The van der Waals surface area contributed by atoms with Crippen molar-refractivity contribution in [2.75, 3.05) is 15.4 Å². The van der Waals surface area contributed by atoms with Crippen molar-refractivity contribution in [2.24, 2.45) is 0 Å². The van der Waals surface area contributed by atoms with Gasteiger partial charge in [0.15, 0.2) is 0 Å². The molecule has 8 nitrogen and oxygen atoms in total. The minimum atomic E-state index is -3.73. The Hall–Kier alpha value is -4.76. The monoisotopic (exact) mass is 522 g/mol. The maximum Gasteiger partial charge on any atom is 0.261 e. The first-order valence-electron chi connectivity index (χ1n) is 11.9. The Morgan fingerprint density at radius 1 is 0.632 bits per heavy atom. The largest absolute Gasteiger partial charge is 0.340 e. The van der Waals surface area contributed by atoms with Gasteiger partial charge in [-0.25, -0.2) is 23.4 Å². The summed E-state index contributed by atoms with van der Waals surface area (Å²) >= 11 is 0. The van der Waals surface area contributed by atoms with Gasteiger partial charge in [0.1, 0.15) is 23.3 Å². The van der Waals surface area contributed by atoms with Crippen molar-refractivity contribution >= 4 is 38.9 Å². The zero-order valence-electron chi connectivity index (χ0n) is 20.9. The van der Waals surface area contributed by atoms with Gasteiger partial charge >= 0.3 is 0 Å². The van der Waals surface area contributed by atoms with E-state index in [9.17, 15) is 8.42 Å². The quantitative estimate of drug-likeness (QED) is 0.215. The highest BCUT2D eigenvalue weighted by Crippen LogP contribution is 2.25. The van der Waals surface area contributed by atoms with Crippen molar-refractivity contribution in [1.29, 1.82) is 0 Å². The van der Waals surface area contributed by atoms with Crippen LogP contribution in [0.1, 0.15) is 11.4 Å². The molecular formula is C29H26N6O2S. The standard InChI is InChI=1S/C29H26N6O2S/c1-20-16-17-30-27(18-20)34-29-19-28(31-21(2)32-29)33-24-10-12-25(13-11-24)35-38(36,37)26-14-8-23(9-15-26)22-6-4-3-5-7-22/h3-19,35H,1-2H3,(H2,30,31,32,33,34). The number of aromatic nitrogens is 3. The fourth-order valence-corrected chi connectivity index (χ4v) is 4.93. The van der Waals surface area contributed by atoms with Crippen LogP contribution in [0.2, 0.25) is 0 Å². The lowest BCUT2D eigenvalue weighted by Crippen LogP contribution is -2.12. The van der Waals surface area contributed by atoms with Crippen molar-refractivity contribution in [2.45, 2.75) is 18.7 Å². The number of sulfonamides is 1. The fourth-order valence-electron chi connectivity index (χ4n) is 3.87. The van der Waals surface area contributed by atoms with Crippen LogP contribution in [0.25, 0.3) is 11.1 Å². The number of pyridine rings is 1. The summed E-state index contributed by atoms with van der Waals surface area (Å²) < 4.78 is 28.5. The average Bonchev–Trinajstić information content (AvgIpc) is 2.90. The van der Waals surface area contributed by atoms with E-state index in [2.05, 4.69) is 30.3 Å². The van der Waals surface area contributed by atoms with Crippen LogP contribution >= 0.6 is 0 Å². The zero-order valence-corrected chi connectivity index (χ0v) is 21.7. The lowest BCUT2D eigenvalue weighted by molar-refractivity contribution is 0.601. The molecule has 9 heteroatoms. The summed E-state index contributed by atoms with van der Waals surface area (Å²) in [5.74, 6) is 2.49. The molecule has 0 saturated heterocycles. The van der Waals surface area contributed by atoms with E-state index in [1.807, 2.05) is 56.3 Å². The second-order valence-electron chi connectivity index (χ2n) is 8.73. The number of anilines is 5. The van der Waals surface area contributed by atoms with E-state index in [4.69, 9.17) is 0 Å². The summed E-state index contributed by atoms with van der Waals surface area (Å²) in [6.07, 6.45) is 1.74. The third kappa shape index (κ3) is 6.13. The van der Waals surface area contributed by atoms with Gasteiger partial charge in [0.05, 0.1) is 4.90 Å². The highest BCUT2D eigenvalue weighted by atomic mass is 32.2. The lowest BCUT2D eigenvalue weighted by atomic mass is 10.1. The molecule has 2 aromatic heterocycles. The van der Waals surface area contributed by atoms with Crippen LogP contribution in [0.5, 0.6) is 0 Å². The number of hydrogen-bond acceptors (Lipinski definition) is 7. The Morgan fingerprint density at radius 3 is 1.95 bits per heavy atom. The number of hydrogen-bond donors (Lipinski definition) is 3. The van der Waals surface area contributed by atoms with Crippen LogP contribution in [0, 0.1) is 13.8 Å². The van der Waals surface area contributed by atoms with E-state index >= 15 is 0 Å². The van der Waals surface area contributed by atoms with E-state index in [1.165, 1.54) is 0 Å². The van der Waals surface area contributed by atoms with E-state index in [-0.39, 0.29) is 4.90 Å². The molecule has 0 saturated carbocycles. The number of nitrogens with one attached hydrogen (secondary N) is 3. The molecule has 3 aromatic carbocycles. The summed E-state index contributed by atoms with van der Waals surface area (Å²) in [7, 11) is -3.73. The van der Waals surface area contributed by atoms with Gasteiger partial charge in [-0.1, -0.05) is 42.5 Å². The average molecular weight is 523 g/mol. The SMILES string of the molecule is Cc1ccnc(Nc2cc(Nc3ccc(NS(=O)(=O)c4ccc(-c5ccccc5)cc4)cc3)nc(C)n2)c1. The minimum absolute atomic E-state index is 0.193. The molecule has 0 bridgehead atoms. The fraction of sp³-hybridized carbons (Fsp3) is 0.0690. The first-order chi connectivity index (χ1) is 18.3. The second kappa shape index (κ2) is 10.7. The summed E-state index contributed by atoms with van der Waals surface area (Å²) in [5.41, 5.74) is 4.27. The summed E-state index contributed by atoms with van der Waals surface area (Å²) in [6, 6.07) is 29.2. The van der Waals surface area contributed by atoms with Crippen LogP contribution in [0.4, 0.5) is 28.8 Å². The number of nitrogens with zero attached hydrogens (tertiary/aromatic N) is 3. The number of aryl methyl sites for hydroxylation is 2. The van der Waals surface area contributed by atoms with Crippen LogP contribution in [-0.4, -0.2) is 23.4 Å². The van der Waals surface area contributed by atoms with Crippen molar-refractivity contribution in [3.63, 3.8) is 0 Å². The summed E-state index contributed by atoms with van der Waals surface area (Å²) in [6.45, 7) is 3.81. The Labute approximate surface area is 221 Å². The molecule has 0 atom stereocenters. The molecule has 5 aromatic rings. The maximum absolute atomic E-state index is 12.9. The van der Waals surface area contributed by atoms with Gasteiger partial charge < -0.3 is 10.6 Å². The van der Waals surface area contributed by atoms with Crippen molar-refractivity contribution < 1.29 is 8.42 Å². The molecule has 0 aliphatic rings. The molecule has 0 fully saturated rings. The van der Waals surface area contributed by atoms with E-state index in [0.717, 1.165) is 22.4 Å². The van der Waals surface area contributed by atoms with E-state index in [0.29, 0.717) is 29.0 Å². The molecule has 0 aliphatic carbocycles. The lowest BCUT2D eigenvalue weighted by Gasteiger charge is -2.12. The smallest absolute Gasteiger partial charge is 0.261 e. The van der Waals surface area contributed by atoms with Gasteiger partial charge in [0.2, 0.25) is 0 Å². The molecule has 0 radical (unpaired) electrons. The third-order valence-corrected chi connectivity index (χ3v) is 7.09. The van der Waals surface area contributed by atoms with Gasteiger partial charge in [0, 0.05) is 23.6 Å². The van der Waals surface area contributed by atoms with Crippen LogP contribution < -0.4 is 15.4 Å². The molecule has 0 amide bonds. The van der Waals surface area contributed by atoms with E-state index in [1.54, 1.807) is 60.8 Å². The Bertz CT molecular complexity index is 1660. The van der Waals surface area contributed by atoms with Crippen molar-refractivity contribution in [1.82, 2.24) is 15.0 Å². The second-order valence-corrected chi connectivity index (χ2v) is 10.4. The van der Waals surface area contributed by atoms with Crippen LogP contribution in [0.3, 0.4) is 0 Å². The van der Waals surface area contributed by atoms with Gasteiger partial charge in [-0.05, 0) is 79.1 Å². The van der Waals surface area contributed by atoms with Crippen molar-refractivity contribution in [3.05, 3.63) is 115 Å². The first-order valence-corrected chi connectivity index (χ1v) is 13.4. The molecule has 5 rings (SSSR count). The molecule has 2 heterocycles. The number of benzene rings is 3. The zero-order chi connectivity index (χ0) is 26.5. The molecule has 0 aliphatic heterocycles. The Balaban J connectivity index is 1.26. The highest BCUT2D eigenvalue weighted by Gasteiger charge is 2.14. The van der Waals surface area contributed by atoms with Crippen LogP contribution in [0.15, 0.2) is 108 Å². The van der Waals surface area contributed by atoms with Gasteiger partial charge in [-0.3, -0.25) is 4.72 Å². The molecular weight excluding hydrogens is 496 g/mol. The number of rotatable bonds is 8.